The van der Waals surface area contributed by atoms with Gasteiger partial charge in [0.15, 0.2) is 23.0 Å². The van der Waals surface area contributed by atoms with Crippen molar-refractivity contribution in [3.8, 4) is 34.5 Å². The van der Waals surface area contributed by atoms with Crippen LogP contribution in [0.5, 0.6) is 34.5 Å². The fourth-order valence-corrected chi connectivity index (χ4v) is 2.33. The predicted octanol–water partition coefficient (Wildman–Crippen LogP) is 2.22. The molecule has 0 fully saturated rings. The van der Waals surface area contributed by atoms with E-state index in [1.807, 2.05) is 12.1 Å². The van der Waals surface area contributed by atoms with E-state index in [2.05, 4.69) is 0 Å². The van der Waals surface area contributed by atoms with Crippen molar-refractivity contribution >= 4 is 7.69 Å². The van der Waals surface area contributed by atoms with Crippen LogP contribution in [0.4, 0.5) is 0 Å². The first-order valence-electron chi connectivity index (χ1n) is 7.33. The maximum Gasteiger partial charge on any atom is 0.658 e. The average Bonchev–Trinajstić information content (AvgIpc) is 2.61. The molecule has 0 bridgehead atoms. The van der Waals surface area contributed by atoms with Crippen LogP contribution in [-0.2, 0) is 0 Å². The second-order valence-electron chi connectivity index (χ2n) is 4.94. The standard InChI is InChI=1S/C16H14BO6/c1-3-13-15(20-7-5-18-13)9-11(1)22-17-23-12-2-4-14-16(10-12)21-8-6-19-14/h1-4,9-10H,5-8H2. The molecule has 0 saturated heterocycles. The van der Waals surface area contributed by atoms with Crippen molar-refractivity contribution < 1.29 is 28.3 Å². The van der Waals surface area contributed by atoms with Gasteiger partial charge in [-0.2, -0.15) is 0 Å². The zero-order valence-corrected chi connectivity index (χ0v) is 12.3. The summed E-state index contributed by atoms with van der Waals surface area (Å²) in [5.74, 6) is 3.98. The number of ether oxygens (including phenoxy) is 4. The number of rotatable bonds is 4. The molecule has 0 spiro atoms. The Kier molecular flexibility index (Phi) is 3.75. The van der Waals surface area contributed by atoms with Crippen LogP contribution in [0.1, 0.15) is 0 Å². The van der Waals surface area contributed by atoms with Crippen LogP contribution < -0.4 is 28.3 Å². The van der Waals surface area contributed by atoms with Crippen LogP contribution in [0.15, 0.2) is 36.4 Å². The molecule has 0 saturated carbocycles. The molecular formula is C16H14BO6. The summed E-state index contributed by atoms with van der Waals surface area (Å²) in [5, 5.41) is 0. The average molecular weight is 313 g/mol. The molecule has 2 aliphatic rings. The lowest BCUT2D eigenvalue weighted by molar-refractivity contribution is 0.171. The van der Waals surface area contributed by atoms with E-state index >= 15 is 0 Å². The van der Waals surface area contributed by atoms with Crippen LogP contribution >= 0.6 is 0 Å². The van der Waals surface area contributed by atoms with E-state index in [1.165, 1.54) is 7.69 Å². The van der Waals surface area contributed by atoms with Crippen LogP contribution in [0.2, 0.25) is 0 Å². The van der Waals surface area contributed by atoms with E-state index < -0.39 is 0 Å². The van der Waals surface area contributed by atoms with Gasteiger partial charge >= 0.3 is 7.69 Å². The highest BCUT2D eigenvalue weighted by Gasteiger charge is 2.14. The number of fused-ring (bicyclic) bond motifs is 2. The Balaban J connectivity index is 1.36. The molecule has 117 valence electrons. The quantitative estimate of drug-likeness (QED) is 0.807. The molecule has 2 aromatic rings. The minimum absolute atomic E-state index is 0.536. The molecule has 0 atom stereocenters. The number of hydrogen-bond donors (Lipinski definition) is 0. The second kappa shape index (κ2) is 6.20. The van der Waals surface area contributed by atoms with E-state index in [9.17, 15) is 0 Å². The third kappa shape index (κ3) is 3.08. The fraction of sp³-hybridized carbons (Fsp3) is 0.250. The van der Waals surface area contributed by atoms with Crippen molar-refractivity contribution in [2.75, 3.05) is 26.4 Å². The van der Waals surface area contributed by atoms with Gasteiger partial charge in [-0.25, -0.2) is 0 Å². The second-order valence-corrected chi connectivity index (χ2v) is 4.94. The molecule has 2 heterocycles. The Bertz CT molecular complexity index is 645. The molecule has 2 aliphatic heterocycles. The summed E-state index contributed by atoms with van der Waals surface area (Å²) in [5.41, 5.74) is 0. The van der Waals surface area contributed by atoms with Gasteiger partial charge in [0.05, 0.1) is 0 Å². The molecule has 0 aromatic heterocycles. The lowest BCUT2D eigenvalue weighted by Gasteiger charge is -2.19. The highest BCUT2D eigenvalue weighted by molar-refractivity contribution is 6.20. The third-order valence-electron chi connectivity index (χ3n) is 3.40. The molecule has 0 aliphatic carbocycles. The van der Waals surface area contributed by atoms with Gasteiger partial charge in [-0.1, -0.05) is 0 Å². The van der Waals surface area contributed by atoms with Crippen molar-refractivity contribution in [3.05, 3.63) is 36.4 Å². The van der Waals surface area contributed by atoms with Gasteiger partial charge < -0.3 is 28.3 Å². The highest BCUT2D eigenvalue weighted by Crippen LogP contribution is 2.34. The first-order valence-corrected chi connectivity index (χ1v) is 7.33. The van der Waals surface area contributed by atoms with Crippen LogP contribution in [-0.4, -0.2) is 34.1 Å². The molecule has 1 radical (unpaired) electrons. The molecule has 0 amide bonds. The maximum atomic E-state index is 5.50. The topological polar surface area (TPSA) is 55.4 Å². The lowest BCUT2D eigenvalue weighted by atomic mass is 10.2. The SMILES string of the molecule is [B](Oc1ccc2c(c1)OCCO2)Oc1ccc2c(c1)OCCO2. The molecule has 23 heavy (non-hydrogen) atoms. The smallest absolute Gasteiger partial charge is 0.526 e. The third-order valence-corrected chi connectivity index (χ3v) is 3.40. The molecular weight excluding hydrogens is 299 g/mol. The normalized spacial score (nSPS) is 14.8. The number of hydrogen-bond acceptors (Lipinski definition) is 6. The van der Waals surface area contributed by atoms with Gasteiger partial charge in [0, 0.05) is 12.1 Å². The van der Waals surface area contributed by atoms with Crippen molar-refractivity contribution in [1.82, 2.24) is 0 Å². The summed E-state index contributed by atoms with van der Waals surface area (Å²) in [6.07, 6.45) is 0. The van der Waals surface area contributed by atoms with Gasteiger partial charge in [-0.3, -0.25) is 0 Å². The monoisotopic (exact) mass is 313 g/mol. The number of benzene rings is 2. The van der Waals surface area contributed by atoms with Gasteiger partial charge in [0.2, 0.25) is 0 Å². The molecule has 7 heteroatoms. The Morgan fingerprint density at radius 3 is 1.52 bits per heavy atom. The minimum Gasteiger partial charge on any atom is -0.526 e. The van der Waals surface area contributed by atoms with E-state index in [-0.39, 0.29) is 0 Å². The van der Waals surface area contributed by atoms with Crippen molar-refractivity contribution in [1.29, 1.82) is 0 Å². The van der Waals surface area contributed by atoms with Crippen LogP contribution in [0.25, 0.3) is 0 Å². The molecule has 0 unspecified atom stereocenters. The first kappa shape index (κ1) is 13.9. The highest BCUT2D eigenvalue weighted by atomic mass is 16.6. The van der Waals surface area contributed by atoms with Crippen LogP contribution in [0, 0.1) is 0 Å². The van der Waals surface area contributed by atoms with E-state index in [0.717, 1.165) is 11.5 Å². The molecule has 4 rings (SSSR count). The maximum absolute atomic E-state index is 5.50. The Hall–Kier alpha value is -2.70. The predicted molar refractivity (Wildman–Crippen MR) is 81.9 cm³/mol. The minimum atomic E-state index is 0.536. The Morgan fingerprint density at radius 2 is 1.04 bits per heavy atom. The molecule has 2 aromatic carbocycles. The van der Waals surface area contributed by atoms with E-state index in [4.69, 9.17) is 28.3 Å². The van der Waals surface area contributed by atoms with Crippen molar-refractivity contribution in [3.63, 3.8) is 0 Å². The summed E-state index contributed by atoms with van der Waals surface area (Å²) >= 11 is 0. The van der Waals surface area contributed by atoms with Gasteiger partial charge in [-0.05, 0) is 24.3 Å². The molecule has 0 N–H and O–H groups in total. The summed E-state index contributed by atoms with van der Waals surface area (Å²) in [6.45, 7) is 2.20. The van der Waals surface area contributed by atoms with Crippen molar-refractivity contribution in [2.24, 2.45) is 0 Å². The van der Waals surface area contributed by atoms with E-state index in [0.29, 0.717) is 49.4 Å². The Labute approximate surface area is 134 Å². The van der Waals surface area contributed by atoms with Gasteiger partial charge in [0.1, 0.15) is 37.9 Å². The fourth-order valence-electron chi connectivity index (χ4n) is 2.33. The summed E-state index contributed by atoms with van der Waals surface area (Å²) in [4.78, 5) is 0. The summed E-state index contributed by atoms with van der Waals surface area (Å²) < 4.78 is 32.8. The van der Waals surface area contributed by atoms with Gasteiger partial charge in [0.25, 0.3) is 0 Å². The Morgan fingerprint density at radius 1 is 0.609 bits per heavy atom. The lowest BCUT2D eigenvalue weighted by Crippen LogP contribution is -2.16. The van der Waals surface area contributed by atoms with Gasteiger partial charge in [-0.15, -0.1) is 0 Å². The van der Waals surface area contributed by atoms with Crippen LogP contribution in [0.3, 0.4) is 0 Å². The molecule has 6 nitrogen and oxygen atoms in total. The van der Waals surface area contributed by atoms with Crippen molar-refractivity contribution in [2.45, 2.75) is 0 Å². The summed E-state index contributed by atoms with van der Waals surface area (Å²) in [6, 6.07) is 10.7. The van der Waals surface area contributed by atoms with E-state index in [1.54, 1.807) is 24.3 Å². The summed E-state index contributed by atoms with van der Waals surface area (Å²) in [7, 11) is 1.26. The zero-order valence-electron chi connectivity index (χ0n) is 12.3. The first-order chi connectivity index (χ1) is 11.4. The largest absolute Gasteiger partial charge is 0.658 e. The zero-order chi connectivity index (χ0) is 15.5.